The van der Waals surface area contributed by atoms with Gasteiger partial charge < -0.3 is 9.64 Å². The summed E-state index contributed by atoms with van der Waals surface area (Å²) in [5.41, 5.74) is 0.00912. The largest absolute Gasteiger partial charge is 0.457 e. The van der Waals surface area contributed by atoms with Gasteiger partial charge in [0.15, 0.2) is 0 Å². The predicted molar refractivity (Wildman–Crippen MR) is 102 cm³/mol. The fourth-order valence-corrected chi connectivity index (χ4v) is 3.46. The van der Waals surface area contributed by atoms with Crippen LogP contribution in [0.3, 0.4) is 0 Å². The zero-order valence-corrected chi connectivity index (χ0v) is 16.0. The zero-order valence-electron chi connectivity index (χ0n) is 16.0. The van der Waals surface area contributed by atoms with E-state index in [1.807, 2.05) is 6.07 Å². The number of rotatable bonds is 3. The number of ether oxygens (including phenoxy) is 1. The third kappa shape index (κ3) is 4.60. The fraction of sp³-hybridized carbons (Fsp3) is 0.227. The summed E-state index contributed by atoms with van der Waals surface area (Å²) in [5.74, 6) is 1.01. The van der Waals surface area contributed by atoms with Gasteiger partial charge in [-0.3, -0.25) is 0 Å². The molecular formula is C22H16F6N2O. The quantitative estimate of drug-likeness (QED) is 0.438. The lowest BCUT2D eigenvalue weighted by Gasteiger charge is -2.31. The zero-order chi connectivity index (χ0) is 22.2. The Labute approximate surface area is 173 Å². The van der Waals surface area contributed by atoms with Gasteiger partial charge in [0, 0.05) is 18.7 Å². The van der Waals surface area contributed by atoms with Crippen LogP contribution in [0.25, 0.3) is 0 Å². The molecule has 31 heavy (non-hydrogen) atoms. The lowest BCUT2D eigenvalue weighted by Crippen LogP contribution is -2.31. The summed E-state index contributed by atoms with van der Waals surface area (Å²) in [5, 5.41) is 0. The highest BCUT2D eigenvalue weighted by atomic mass is 19.4. The molecule has 0 N–H and O–H groups in total. The number of hydrogen-bond acceptors (Lipinski definition) is 3. The van der Waals surface area contributed by atoms with E-state index in [0.29, 0.717) is 25.3 Å². The van der Waals surface area contributed by atoms with Crippen LogP contribution >= 0.6 is 0 Å². The van der Waals surface area contributed by atoms with Crippen molar-refractivity contribution in [3.8, 4) is 11.5 Å². The van der Waals surface area contributed by atoms with E-state index < -0.39 is 23.6 Å². The molecule has 162 valence electrons. The number of halogens is 6. The molecule has 3 nitrogen and oxygen atoms in total. The van der Waals surface area contributed by atoms with Gasteiger partial charge in [-0.1, -0.05) is 18.2 Å². The average Bonchev–Trinajstić information content (AvgIpc) is 2.73. The van der Waals surface area contributed by atoms with Gasteiger partial charge >= 0.3 is 12.4 Å². The molecule has 1 aliphatic rings. The van der Waals surface area contributed by atoms with Crippen molar-refractivity contribution in [3.63, 3.8) is 0 Å². The van der Waals surface area contributed by atoms with Crippen molar-refractivity contribution in [2.45, 2.75) is 25.3 Å². The van der Waals surface area contributed by atoms with Crippen LogP contribution in [-0.4, -0.2) is 11.5 Å². The highest BCUT2D eigenvalue weighted by Gasteiger charge is 2.33. The van der Waals surface area contributed by atoms with Gasteiger partial charge in [0.2, 0.25) is 0 Å². The van der Waals surface area contributed by atoms with Gasteiger partial charge in [0.25, 0.3) is 0 Å². The lowest BCUT2D eigenvalue weighted by atomic mass is 9.98. The SMILES string of the molecule is FC(F)(F)c1ccc(Oc2cccc3c2CCN(c2cccc(C(F)(F)F)n2)C3)cc1. The monoisotopic (exact) mass is 438 g/mol. The van der Waals surface area contributed by atoms with Gasteiger partial charge in [-0.15, -0.1) is 0 Å². The van der Waals surface area contributed by atoms with Crippen LogP contribution in [0.1, 0.15) is 22.4 Å². The Kier molecular flexibility index (Phi) is 5.28. The second-order valence-corrected chi connectivity index (χ2v) is 7.07. The molecule has 4 rings (SSSR count). The molecule has 0 bridgehead atoms. The molecule has 2 heterocycles. The van der Waals surface area contributed by atoms with Crippen molar-refractivity contribution in [3.05, 3.63) is 83.0 Å². The lowest BCUT2D eigenvalue weighted by molar-refractivity contribution is -0.141. The molecule has 0 saturated carbocycles. The van der Waals surface area contributed by atoms with E-state index in [1.165, 1.54) is 24.3 Å². The first-order chi connectivity index (χ1) is 14.6. The first kappa shape index (κ1) is 21.0. The third-order valence-corrected chi connectivity index (χ3v) is 4.98. The minimum absolute atomic E-state index is 0.231. The molecule has 1 aliphatic heterocycles. The summed E-state index contributed by atoms with van der Waals surface area (Å²) in [6, 6.07) is 13.5. The van der Waals surface area contributed by atoms with E-state index in [-0.39, 0.29) is 11.6 Å². The maximum Gasteiger partial charge on any atom is 0.433 e. The van der Waals surface area contributed by atoms with Gasteiger partial charge in [0.05, 0.1) is 5.56 Å². The highest BCUT2D eigenvalue weighted by molar-refractivity contribution is 5.50. The van der Waals surface area contributed by atoms with Crippen LogP contribution in [-0.2, 0) is 25.3 Å². The smallest absolute Gasteiger partial charge is 0.433 e. The summed E-state index contributed by atoms with van der Waals surface area (Å²) in [6.45, 7) is 0.766. The number of benzene rings is 2. The molecule has 3 aromatic rings. The Bertz CT molecular complexity index is 1080. The van der Waals surface area contributed by atoms with Gasteiger partial charge in [0.1, 0.15) is 23.0 Å². The standard InChI is InChI=1S/C22H16F6N2O/c23-21(24,25)15-7-9-16(10-8-15)31-18-4-1-3-14-13-30(12-11-17(14)18)20-6-2-5-19(29-20)22(26,27)28/h1-10H,11-13H2. The minimum atomic E-state index is -4.52. The van der Waals surface area contributed by atoms with Crippen LogP contribution in [0.2, 0.25) is 0 Å². The van der Waals surface area contributed by atoms with E-state index in [0.717, 1.165) is 29.3 Å². The van der Waals surface area contributed by atoms with Gasteiger partial charge in [-0.05, 0) is 54.4 Å². The van der Waals surface area contributed by atoms with E-state index in [2.05, 4.69) is 4.98 Å². The molecule has 0 amide bonds. The van der Waals surface area contributed by atoms with Crippen molar-refractivity contribution in [1.82, 2.24) is 4.98 Å². The first-order valence-corrected chi connectivity index (χ1v) is 9.36. The normalized spacial score (nSPS) is 14.3. The molecule has 0 aliphatic carbocycles. The van der Waals surface area contributed by atoms with Crippen molar-refractivity contribution >= 4 is 5.82 Å². The van der Waals surface area contributed by atoms with Crippen LogP contribution in [0.4, 0.5) is 32.2 Å². The molecular weight excluding hydrogens is 422 g/mol. The maximum absolute atomic E-state index is 13.0. The number of alkyl halides is 6. The van der Waals surface area contributed by atoms with E-state index >= 15 is 0 Å². The molecule has 0 unspecified atom stereocenters. The third-order valence-electron chi connectivity index (χ3n) is 4.98. The summed E-state index contributed by atoms with van der Waals surface area (Å²) >= 11 is 0. The highest BCUT2D eigenvalue weighted by Crippen LogP contribution is 2.35. The molecule has 0 fully saturated rings. The number of pyridine rings is 1. The molecule has 0 saturated heterocycles. The first-order valence-electron chi connectivity index (χ1n) is 9.36. The Morgan fingerprint density at radius 1 is 0.806 bits per heavy atom. The second-order valence-electron chi connectivity index (χ2n) is 7.07. The summed E-state index contributed by atoms with van der Waals surface area (Å²) in [4.78, 5) is 5.49. The number of nitrogens with zero attached hydrogens (tertiary/aromatic N) is 2. The molecule has 0 radical (unpaired) electrons. The van der Waals surface area contributed by atoms with Gasteiger partial charge in [-0.2, -0.15) is 26.3 Å². The Morgan fingerprint density at radius 3 is 2.19 bits per heavy atom. The van der Waals surface area contributed by atoms with Gasteiger partial charge in [-0.25, -0.2) is 4.98 Å². The topological polar surface area (TPSA) is 25.4 Å². The Hall–Kier alpha value is -3.23. The van der Waals surface area contributed by atoms with Crippen molar-refractivity contribution < 1.29 is 31.1 Å². The predicted octanol–water partition coefficient (Wildman–Crippen LogP) is 6.47. The van der Waals surface area contributed by atoms with E-state index in [1.54, 1.807) is 17.0 Å². The summed E-state index contributed by atoms with van der Waals surface area (Å²) in [6.07, 6.45) is -8.46. The molecule has 0 spiro atoms. The molecule has 9 heteroatoms. The van der Waals surface area contributed by atoms with Crippen LogP contribution < -0.4 is 9.64 Å². The van der Waals surface area contributed by atoms with Crippen molar-refractivity contribution in [2.75, 3.05) is 11.4 Å². The Morgan fingerprint density at radius 2 is 1.52 bits per heavy atom. The number of fused-ring (bicyclic) bond motifs is 1. The summed E-state index contributed by atoms with van der Waals surface area (Å²) in [7, 11) is 0. The number of hydrogen-bond donors (Lipinski definition) is 0. The molecule has 0 atom stereocenters. The van der Waals surface area contributed by atoms with Crippen LogP contribution in [0, 0.1) is 0 Å². The van der Waals surface area contributed by atoms with E-state index in [4.69, 9.17) is 4.74 Å². The van der Waals surface area contributed by atoms with Crippen LogP contribution in [0.15, 0.2) is 60.7 Å². The second kappa shape index (κ2) is 7.79. The fourth-order valence-electron chi connectivity index (χ4n) is 3.46. The maximum atomic E-state index is 13.0. The van der Waals surface area contributed by atoms with Crippen molar-refractivity contribution in [1.29, 1.82) is 0 Å². The molecule has 1 aromatic heterocycles. The van der Waals surface area contributed by atoms with Crippen molar-refractivity contribution in [2.24, 2.45) is 0 Å². The number of aromatic nitrogens is 1. The molecule has 2 aromatic carbocycles. The van der Waals surface area contributed by atoms with Crippen LogP contribution in [0.5, 0.6) is 11.5 Å². The van der Waals surface area contributed by atoms with E-state index in [9.17, 15) is 26.3 Å². The average molecular weight is 438 g/mol. The summed E-state index contributed by atoms with van der Waals surface area (Å²) < 4.78 is 82.9. The minimum Gasteiger partial charge on any atom is -0.457 e. The Balaban J connectivity index is 1.54. The number of anilines is 1.